The van der Waals surface area contributed by atoms with Crippen LogP contribution in [0, 0.1) is 5.82 Å². The van der Waals surface area contributed by atoms with Crippen LogP contribution in [0.5, 0.6) is 5.75 Å². The Kier molecular flexibility index (Phi) is 8.08. The molecular formula is C15H22ClFN2O2. The van der Waals surface area contributed by atoms with E-state index in [0.29, 0.717) is 19.4 Å². The molecule has 2 rings (SSSR count). The lowest BCUT2D eigenvalue weighted by atomic mass is 10.1. The smallest absolute Gasteiger partial charge is 0.220 e. The number of para-hydroxylation sites is 1. The second-order valence-corrected chi connectivity index (χ2v) is 4.99. The number of amides is 1. The molecule has 0 radical (unpaired) electrons. The highest BCUT2D eigenvalue weighted by atomic mass is 35.5. The molecule has 2 N–H and O–H groups in total. The summed E-state index contributed by atoms with van der Waals surface area (Å²) >= 11 is 0. The maximum atomic E-state index is 13.3. The van der Waals surface area contributed by atoms with E-state index in [4.69, 9.17) is 4.74 Å². The molecule has 118 valence electrons. The van der Waals surface area contributed by atoms with Crippen LogP contribution in [0.15, 0.2) is 24.3 Å². The fourth-order valence-electron chi connectivity index (χ4n) is 2.25. The summed E-state index contributed by atoms with van der Waals surface area (Å²) in [5, 5.41) is 6.25. The fraction of sp³-hybridized carbons (Fsp3) is 0.533. The van der Waals surface area contributed by atoms with Gasteiger partial charge in [-0.25, -0.2) is 4.39 Å². The molecule has 4 nitrogen and oxygen atoms in total. The van der Waals surface area contributed by atoms with E-state index >= 15 is 0 Å². The minimum atomic E-state index is -0.370. The summed E-state index contributed by atoms with van der Waals surface area (Å²) in [7, 11) is 0. The third kappa shape index (κ3) is 6.31. The van der Waals surface area contributed by atoms with E-state index in [2.05, 4.69) is 10.6 Å². The average molecular weight is 317 g/mol. The highest BCUT2D eigenvalue weighted by Crippen LogP contribution is 2.15. The Morgan fingerprint density at radius 3 is 2.95 bits per heavy atom. The van der Waals surface area contributed by atoms with E-state index in [0.717, 1.165) is 25.9 Å². The van der Waals surface area contributed by atoms with Crippen LogP contribution in [0.4, 0.5) is 4.39 Å². The highest BCUT2D eigenvalue weighted by molar-refractivity contribution is 5.85. The molecule has 1 unspecified atom stereocenters. The number of piperidine rings is 1. The fourth-order valence-corrected chi connectivity index (χ4v) is 2.25. The van der Waals surface area contributed by atoms with Gasteiger partial charge in [0.2, 0.25) is 5.91 Å². The largest absolute Gasteiger partial charge is 0.491 e. The van der Waals surface area contributed by atoms with Crippen molar-refractivity contribution in [2.24, 2.45) is 0 Å². The molecule has 0 spiro atoms. The van der Waals surface area contributed by atoms with Gasteiger partial charge in [0.1, 0.15) is 0 Å². The molecule has 0 aliphatic carbocycles. The van der Waals surface area contributed by atoms with Crippen LogP contribution in [0.25, 0.3) is 0 Å². The van der Waals surface area contributed by atoms with Gasteiger partial charge in [0.15, 0.2) is 11.6 Å². The first-order valence-corrected chi connectivity index (χ1v) is 7.13. The van der Waals surface area contributed by atoms with Gasteiger partial charge < -0.3 is 15.4 Å². The quantitative estimate of drug-likeness (QED) is 0.792. The van der Waals surface area contributed by atoms with Crippen LogP contribution >= 0.6 is 12.4 Å². The van der Waals surface area contributed by atoms with E-state index in [1.165, 1.54) is 6.07 Å². The third-order valence-electron chi connectivity index (χ3n) is 3.30. The van der Waals surface area contributed by atoms with E-state index in [9.17, 15) is 9.18 Å². The number of nitrogens with one attached hydrogen (secondary N) is 2. The van der Waals surface area contributed by atoms with Crippen LogP contribution in [0.1, 0.15) is 25.7 Å². The van der Waals surface area contributed by atoms with Crippen molar-refractivity contribution in [2.45, 2.75) is 31.7 Å². The number of hydrogen-bond donors (Lipinski definition) is 2. The molecule has 0 bridgehead atoms. The molecule has 1 amide bonds. The van der Waals surface area contributed by atoms with Crippen molar-refractivity contribution in [3.8, 4) is 5.75 Å². The molecule has 1 heterocycles. The van der Waals surface area contributed by atoms with Crippen LogP contribution in [-0.2, 0) is 4.79 Å². The Labute approximate surface area is 130 Å². The summed E-state index contributed by atoms with van der Waals surface area (Å²) in [5.74, 6) is -0.0922. The molecule has 21 heavy (non-hydrogen) atoms. The van der Waals surface area contributed by atoms with Gasteiger partial charge in [0.25, 0.3) is 0 Å². The predicted molar refractivity (Wildman–Crippen MR) is 82.4 cm³/mol. The Balaban J connectivity index is 0.00000220. The van der Waals surface area contributed by atoms with E-state index < -0.39 is 0 Å². The Morgan fingerprint density at radius 1 is 1.43 bits per heavy atom. The zero-order valence-corrected chi connectivity index (χ0v) is 12.8. The van der Waals surface area contributed by atoms with E-state index in [1.54, 1.807) is 18.2 Å². The number of halogens is 2. The van der Waals surface area contributed by atoms with Crippen LogP contribution < -0.4 is 15.4 Å². The first-order valence-electron chi connectivity index (χ1n) is 7.13. The molecule has 0 saturated carbocycles. The van der Waals surface area contributed by atoms with Crippen LogP contribution in [0.2, 0.25) is 0 Å². The summed E-state index contributed by atoms with van der Waals surface area (Å²) in [6.07, 6.45) is 3.12. The van der Waals surface area contributed by atoms with Crippen molar-refractivity contribution in [1.82, 2.24) is 10.6 Å². The molecule has 6 heteroatoms. The van der Waals surface area contributed by atoms with Crippen molar-refractivity contribution >= 4 is 18.3 Å². The van der Waals surface area contributed by atoms with Gasteiger partial charge in [-0.15, -0.1) is 12.4 Å². The Bertz CT molecular complexity index is 439. The number of hydrogen-bond acceptors (Lipinski definition) is 3. The minimum absolute atomic E-state index is 0. The maximum Gasteiger partial charge on any atom is 0.220 e. The van der Waals surface area contributed by atoms with Gasteiger partial charge in [-0.3, -0.25) is 4.79 Å². The maximum absolute atomic E-state index is 13.3. The van der Waals surface area contributed by atoms with Crippen molar-refractivity contribution in [1.29, 1.82) is 0 Å². The van der Waals surface area contributed by atoms with Gasteiger partial charge in [0, 0.05) is 19.0 Å². The third-order valence-corrected chi connectivity index (χ3v) is 3.30. The molecule has 1 saturated heterocycles. The van der Waals surface area contributed by atoms with Crippen LogP contribution in [-0.4, -0.2) is 31.6 Å². The second kappa shape index (κ2) is 9.58. The summed E-state index contributed by atoms with van der Waals surface area (Å²) < 4.78 is 18.6. The zero-order chi connectivity index (χ0) is 14.2. The average Bonchev–Trinajstić information content (AvgIpc) is 2.46. The molecule has 1 aliphatic rings. The molecular weight excluding hydrogens is 295 g/mol. The number of ether oxygens (including phenoxy) is 1. The van der Waals surface area contributed by atoms with Crippen molar-refractivity contribution in [2.75, 3.05) is 19.7 Å². The highest BCUT2D eigenvalue weighted by Gasteiger charge is 2.14. The van der Waals surface area contributed by atoms with Crippen molar-refractivity contribution < 1.29 is 13.9 Å². The molecule has 0 aromatic heterocycles. The van der Waals surface area contributed by atoms with E-state index in [1.807, 2.05) is 0 Å². The first-order chi connectivity index (χ1) is 9.75. The summed E-state index contributed by atoms with van der Waals surface area (Å²) in [4.78, 5) is 11.7. The van der Waals surface area contributed by atoms with Gasteiger partial charge >= 0.3 is 0 Å². The summed E-state index contributed by atoms with van der Waals surface area (Å²) in [5.41, 5.74) is 0. The molecule has 1 atom stereocenters. The lowest BCUT2D eigenvalue weighted by molar-refractivity contribution is -0.122. The molecule has 1 aromatic carbocycles. The molecule has 1 aromatic rings. The molecule has 1 aliphatic heterocycles. The second-order valence-electron chi connectivity index (χ2n) is 4.99. The number of carbonyl (C=O) groups is 1. The number of benzene rings is 1. The first kappa shape index (κ1) is 17.7. The lowest BCUT2D eigenvalue weighted by Crippen LogP contribution is -2.45. The Hall–Kier alpha value is -1.33. The predicted octanol–water partition coefficient (Wildman–Crippen LogP) is 2.27. The zero-order valence-electron chi connectivity index (χ0n) is 11.9. The lowest BCUT2D eigenvalue weighted by Gasteiger charge is -2.23. The normalized spacial score (nSPS) is 17.7. The van der Waals surface area contributed by atoms with Crippen LogP contribution in [0.3, 0.4) is 0 Å². The number of carbonyl (C=O) groups excluding carboxylic acids is 1. The Morgan fingerprint density at radius 2 is 2.24 bits per heavy atom. The summed E-state index contributed by atoms with van der Waals surface area (Å²) in [6.45, 7) is 2.22. The monoisotopic (exact) mass is 316 g/mol. The summed E-state index contributed by atoms with van der Waals surface area (Å²) in [6, 6.07) is 6.53. The van der Waals surface area contributed by atoms with Crippen molar-refractivity contribution in [3.63, 3.8) is 0 Å². The topological polar surface area (TPSA) is 50.4 Å². The van der Waals surface area contributed by atoms with Gasteiger partial charge in [-0.05, 0) is 37.9 Å². The van der Waals surface area contributed by atoms with Gasteiger partial charge in [-0.1, -0.05) is 12.1 Å². The SMILES string of the molecule is Cl.O=C(CCCOc1ccccc1F)NC1CCCNC1. The molecule has 1 fully saturated rings. The van der Waals surface area contributed by atoms with E-state index in [-0.39, 0.29) is 35.9 Å². The number of rotatable bonds is 6. The minimum Gasteiger partial charge on any atom is -0.491 e. The standard InChI is InChI=1S/C15H21FN2O2.ClH/c16-13-6-1-2-7-14(13)20-10-4-8-15(19)18-12-5-3-9-17-11-12;/h1-2,6-7,12,17H,3-5,8-11H2,(H,18,19);1H. The van der Waals surface area contributed by atoms with Crippen molar-refractivity contribution in [3.05, 3.63) is 30.1 Å². The van der Waals surface area contributed by atoms with Gasteiger partial charge in [-0.2, -0.15) is 0 Å². The van der Waals surface area contributed by atoms with Gasteiger partial charge in [0.05, 0.1) is 6.61 Å².